The molecule has 5 rings (SSSR count). The number of hydrogen-bond acceptors (Lipinski definition) is 6. The van der Waals surface area contributed by atoms with E-state index in [-0.39, 0.29) is 23.8 Å². The number of anilines is 2. The van der Waals surface area contributed by atoms with Gasteiger partial charge in [-0.2, -0.15) is 0 Å². The fraction of sp³-hybridized carbons (Fsp3) is 0.259. The second-order valence-corrected chi connectivity index (χ2v) is 8.82. The molecule has 0 aliphatic carbocycles. The standard InChI is InChI=1S/C27H27FN4O4/c1-18-5-10-22-21(16-18)25(30-11-13-31(14-12-30)26(33)23-4-3-15-36-23)24(29-35-2)27(34)32(22)17-19-6-8-20(28)9-7-19/h3-10,15-16,29H,11-14,17H2,1-2H3. The number of furan rings is 1. The molecule has 186 valence electrons. The number of aromatic nitrogens is 1. The van der Waals surface area contributed by atoms with Crippen LogP contribution in [0, 0.1) is 12.7 Å². The van der Waals surface area contributed by atoms with Crippen LogP contribution in [0.2, 0.25) is 0 Å². The van der Waals surface area contributed by atoms with Crippen LogP contribution in [-0.4, -0.2) is 48.7 Å². The van der Waals surface area contributed by atoms with E-state index in [9.17, 15) is 14.0 Å². The van der Waals surface area contributed by atoms with Crippen molar-refractivity contribution in [3.63, 3.8) is 0 Å². The number of amides is 1. The van der Waals surface area contributed by atoms with Gasteiger partial charge in [0.15, 0.2) is 5.76 Å². The van der Waals surface area contributed by atoms with Gasteiger partial charge in [-0.1, -0.05) is 23.8 Å². The molecule has 0 unspecified atom stereocenters. The first-order valence-corrected chi connectivity index (χ1v) is 11.7. The van der Waals surface area contributed by atoms with E-state index in [0.29, 0.717) is 37.6 Å². The Balaban J connectivity index is 1.55. The normalized spacial score (nSPS) is 13.9. The number of fused-ring (bicyclic) bond motifs is 1. The smallest absolute Gasteiger partial charge is 0.289 e. The van der Waals surface area contributed by atoms with E-state index in [1.54, 1.807) is 33.7 Å². The van der Waals surface area contributed by atoms with Crippen LogP contribution in [-0.2, 0) is 11.4 Å². The third-order valence-electron chi connectivity index (χ3n) is 6.47. The summed E-state index contributed by atoms with van der Waals surface area (Å²) in [5, 5.41) is 0.891. The van der Waals surface area contributed by atoms with E-state index < -0.39 is 0 Å². The van der Waals surface area contributed by atoms with Crippen molar-refractivity contribution in [1.82, 2.24) is 9.47 Å². The van der Waals surface area contributed by atoms with Gasteiger partial charge in [0.2, 0.25) is 0 Å². The minimum absolute atomic E-state index is 0.148. The van der Waals surface area contributed by atoms with E-state index in [1.807, 2.05) is 25.1 Å². The van der Waals surface area contributed by atoms with Gasteiger partial charge in [0.25, 0.3) is 11.5 Å². The number of nitrogens with zero attached hydrogens (tertiary/aromatic N) is 3. The maximum Gasteiger partial charge on any atom is 0.289 e. The summed E-state index contributed by atoms with van der Waals surface area (Å²) in [7, 11) is 1.47. The largest absolute Gasteiger partial charge is 0.459 e. The predicted molar refractivity (Wildman–Crippen MR) is 136 cm³/mol. The van der Waals surface area contributed by atoms with Crippen molar-refractivity contribution in [3.8, 4) is 0 Å². The number of carbonyl (C=O) groups is 1. The Bertz CT molecular complexity index is 1440. The minimum Gasteiger partial charge on any atom is -0.459 e. The fourth-order valence-electron chi connectivity index (χ4n) is 4.70. The summed E-state index contributed by atoms with van der Waals surface area (Å²) < 4.78 is 20.4. The molecule has 2 aromatic carbocycles. The molecule has 8 nitrogen and oxygen atoms in total. The highest BCUT2D eigenvalue weighted by Crippen LogP contribution is 2.34. The van der Waals surface area contributed by atoms with E-state index in [2.05, 4.69) is 10.4 Å². The summed E-state index contributed by atoms with van der Waals surface area (Å²) in [6.07, 6.45) is 1.49. The first kappa shape index (κ1) is 23.6. The number of nitrogens with one attached hydrogen (secondary N) is 1. The molecule has 0 radical (unpaired) electrons. The lowest BCUT2D eigenvalue weighted by molar-refractivity contribution is 0.0715. The zero-order valence-corrected chi connectivity index (χ0v) is 20.2. The molecule has 1 saturated heterocycles. The number of rotatable bonds is 6. The summed E-state index contributed by atoms with van der Waals surface area (Å²) in [6, 6.07) is 15.4. The fourth-order valence-corrected chi connectivity index (χ4v) is 4.70. The summed E-state index contributed by atoms with van der Waals surface area (Å²) in [5.41, 5.74) is 6.24. The lowest BCUT2D eigenvalue weighted by Gasteiger charge is -2.37. The van der Waals surface area contributed by atoms with Crippen LogP contribution in [0.1, 0.15) is 21.7 Å². The number of pyridine rings is 1. The molecule has 9 heteroatoms. The molecule has 1 N–H and O–H groups in total. The van der Waals surface area contributed by atoms with Crippen molar-refractivity contribution in [2.24, 2.45) is 0 Å². The second-order valence-electron chi connectivity index (χ2n) is 8.82. The SMILES string of the molecule is CONc1c(N2CCN(C(=O)c3ccco3)CC2)c2cc(C)ccc2n(Cc2ccc(F)cc2)c1=O. The Morgan fingerprint density at radius 2 is 1.83 bits per heavy atom. The molecular weight excluding hydrogens is 463 g/mol. The van der Waals surface area contributed by atoms with Crippen molar-refractivity contribution >= 4 is 28.2 Å². The van der Waals surface area contributed by atoms with Gasteiger partial charge >= 0.3 is 0 Å². The van der Waals surface area contributed by atoms with Crippen molar-refractivity contribution < 1.29 is 18.4 Å². The zero-order valence-electron chi connectivity index (χ0n) is 20.2. The first-order chi connectivity index (χ1) is 17.5. The predicted octanol–water partition coefficient (Wildman–Crippen LogP) is 4.03. The maximum absolute atomic E-state index is 13.8. The van der Waals surface area contributed by atoms with Crippen LogP contribution >= 0.6 is 0 Å². The molecule has 1 amide bonds. The van der Waals surface area contributed by atoms with Crippen LogP contribution in [0.3, 0.4) is 0 Å². The van der Waals surface area contributed by atoms with E-state index in [1.165, 1.54) is 25.5 Å². The molecule has 1 aliphatic heterocycles. The Labute approximate surface area is 207 Å². The summed E-state index contributed by atoms with van der Waals surface area (Å²) >= 11 is 0. The zero-order chi connectivity index (χ0) is 25.2. The summed E-state index contributed by atoms with van der Waals surface area (Å²) in [6.45, 7) is 4.32. The first-order valence-electron chi connectivity index (χ1n) is 11.7. The lowest BCUT2D eigenvalue weighted by Crippen LogP contribution is -2.49. The Kier molecular flexibility index (Phi) is 6.47. The number of benzene rings is 2. The Hall–Kier alpha value is -4.11. The van der Waals surface area contributed by atoms with E-state index in [0.717, 1.165) is 27.7 Å². The molecular formula is C27H27FN4O4. The summed E-state index contributed by atoms with van der Waals surface area (Å²) in [5.74, 6) is -0.159. The third-order valence-corrected chi connectivity index (χ3v) is 6.47. The summed E-state index contributed by atoms with van der Waals surface area (Å²) in [4.78, 5) is 35.6. The van der Waals surface area contributed by atoms with Gasteiger partial charge in [-0.25, -0.2) is 4.39 Å². The van der Waals surface area contributed by atoms with Crippen molar-refractivity contribution in [3.05, 3.63) is 93.9 Å². The van der Waals surface area contributed by atoms with E-state index in [4.69, 9.17) is 9.25 Å². The van der Waals surface area contributed by atoms with E-state index >= 15 is 0 Å². The van der Waals surface area contributed by atoms with Crippen molar-refractivity contribution in [2.45, 2.75) is 13.5 Å². The number of hydrogen-bond donors (Lipinski definition) is 1. The van der Waals surface area contributed by atoms with Crippen LogP contribution in [0.25, 0.3) is 10.9 Å². The molecule has 0 spiro atoms. The number of aryl methyl sites for hydroxylation is 1. The van der Waals surface area contributed by atoms with Crippen LogP contribution in [0.15, 0.2) is 70.1 Å². The Morgan fingerprint density at radius 1 is 1.08 bits per heavy atom. The number of halogens is 1. The van der Waals surface area contributed by atoms with Gasteiger partial charge in [-0.15, -0.1) is 0 Å². The number of piperazine rings is 1. The van der Waals surface area contributed by atoms with Gasteiger partial charge in [-0.05, 0) is 48.9 Å². The lowest BCUT2D eigenvalue weighted by atomic mass is 10.1. The van der Waals surface area contributed by atoms with Crippen LogP contribution < -0.4 is 15.9 Å². The van der Waals surface area contributed by atoms with Crippen molar-refractivity contribution in [2.75, 3.05) is 43.7 Å². The molecule has 0 atom stereocenters. The quantitative estimate of drug-likeness (QED) is 0.411. The molecule has 4 aromatic rings. The third kappa shape index (κ3) is 4.45. The average molecular weight is 491 g/mol. The molecule has 1 fully saturated rings. The topological polar surface area (TPSA) is 80.0 Å². The van der Waals surface area contributed by atoms with Gasteiger partial charge < -0.3 is 18.8 Å². The van der Waals surface area contributed by atoms with Gasteiger partial charge in [0.05, 0.1) is 31.1 Å². The average Bonchev–Trinajstić information content (AvgIpc) is 3.43. The molecule has 3 heterocycles. The highest BCUT2D eigenvalue weighted by molar-refractivity contribution is 5.99. The molecule has 36 heavy (non-hydrogen) atoms. The highest BCUT2D eigenvalue weighted by atomic mass is 19.1. The molecule has 0 saturated carbocycles. The molecule has 1 aliphatic rings. The molecule has 0 bridgehead atoms. The highest BCUT2D eigenvalue weighted by Gasteiger charge is 2.28. The minimum atomic E-state index is -0.326. The Morgan fingerprint density at radius 3 is 2.50 bits per heavy atom. The van der Waals surface area contributed by atoms with Gasteiger partial charge in [0, 0.05) is 31.6 Å². The van der Waals surface area contributed by atoms with Crippen LogP contribution in [0.4, 0.5) is 15.8 Å². The number of carbonyl (C=O) groups excluding carboxylic acids is 1. The molecule has 2 aromatic heterocycles. The van der Waals surface area contributed by atoms with Gasteiger partial charge in [0.1, 0.15) is 11.5 Å². The van der Waals surface area contributed by atoms with Crippen molar-refractivity contribution in [1.29, 1.82) is 0 Å². The van der Waals surface area contributed by atoms with Crippen LogP contribution in [0.5, 0.6) is 0 Å². The maximum atomic E-state index is 13.8. The second kappa shape index (κ2) is 9.87. The van der Waals surface area contributed by atoms with Gasteiger partial charge in [-0.3, -0.25) is 19.9 Å². The monoisotopic (exact) mass is 490 g/mol.